The van der Waals surface area contributed by atoms with Crippen molar-refractivity contribution in [2.75, 3.05) is 13.2 Å². The molecule has 2 rings (SSSR count). The third kappa shape index (κ3) is 5.33. The topological polar surface area (TPSA) is 55.8 Å². The van der Waals surface area contributed by atoms with Gasteiger partial charge in [-0.1, -0.05) is 36.4 Å². The number of carboxylic acids is 1. The van der Waals surface area contributed by atoms with Crippen LogP contribution in [-0.2, 0) is 4.79 Å². The fourth-order valence-electron chi connectivity index (χ4n) is 2.42. The van der Waals surface area contributed by atoms with E-state index in [9.17, 15) is 9.90 Å². The summed E-state index contributed by atoms with van der Waals surface area (Å²) in [5.41, 5.74) is 0.832. The molecule has 0 fully saturated rings. The predicted molar refractivity (Wildman–Crippen MR) is 89.2 cm³/mol. The lowest BCUT2D eigenvalue weighted by Crippen LogP contribution is -2.13. The van der Waals surface area contributed by atoms with Crippen LogP contribution in [0.2, 0.25) is 0 Å². The quantitative estimate of drug-likeness (QED) is 0.708. The van der Waals surface area contributed by atoms with Crippen LogP contribution in [0, 0.1) is 0 Å². The molecular formula is C19H22O4. The number of rotatable bonds is 9. The molecule has 1 N–H and O–H groups in total. The van der Waals surface area contributed by atoms with E-state index in [1.807, 2.05) is 61.5 Å². The van der Waals surface area contributed by atoms with E-state index >= 15 is 0 Å². The first-order valence-corrected chi connectivity index (χ1v) is 7.84. The van der Waals surface area contributed by atoms with Gasteiger partial charge in [0.25, 0.3) is 0 Å². The SMILES string of the molecule is CCOc1cccc(OCCCC(C(=O)O)c2ccccc2)c1. The number of carboxylic acid groups (broad SMARTS) is 1. The van der Waals surface area contributed by atoms with Crippen molar-refractivity contribution in [2.45, 2.75) is 25.7 Å². The molecule has 0 spiro atoms. The van der Waals surface area contributed by atoms with Gasteiger partial charge in [0.2, 0.25) is 0 Å². The van der Waals surface area contributed by atoms with Gasteiger partial charge in [-0.3, -0.25) is 4.79 Å². The molecule has 0 aliphatic rings. The summed E-state index contributed by atoms with van der Waals surface area (Å²) in [7, 11) is 0. The summed E-state index contributed by atoms with van der Waals surface area (Å²) in [4.78, 5) is 11.4. The van der Waals surface area contributed by atoms with E-state index in [2.05, 4.69) is 0 Å². The summed E-state index contributed by atoms with van der Waals surface area (Å²) in [6, 6.07) is 16.8. The summed E-state index contributed by atoms with van der Waals surface area (Å²) < 4.78 is 11.1. The lowest BCUT2D eigenvalue weighted by atomic mass is 9.95. The average Bonchev–Trinajstić information content (AvgIpc) is 2.56. The first kappa shape index (κ1) is 16.9. The molecule has 0 aliphatic carbocycles. The number of carbonyl (C=O) groups is 1. The first-order chi connectivity index (χ1) is 11.2. The number of aliphatic carboxylic acids is 1. The fourth-order valence-corrected chi connectivity index (χ4v) is 2.42. The smallest absolute Gasteiger partial charge is 0.310 e. The van der Waals surface area contributed by atoms with Gasteiger partial charge in [-0.25, -0.2) is 0 Å². The maximum atomic E-state index is 11.4. The largest absolute Gasteiger partial charge is 0.494 e. The Labute approximate surface area is 136 Å². The van der Waals surface area contributed by atoms with Gasteiger partial charge < -0.3 is 14.6 Å². The highest BCUT2D eigenvalue weighted by Gasteiger charge is 2.18. The number of hydrogen-bond acceptors (Lipinski definition) is 3. The van der Waals surface area contributed by atoms with E-state index in [4.69, 9.17) is 9.47 Å². The predicted octanol–water partition coefficient (Wildman–Crippen LogP) is 4.11. The van der Waals surface area contributed by atoms with Crippen molar-refractivity contribution >= 4 is 5.97 Å². The van der Waals surface area contributed by atoms with Crippen molar-refractivity contribution in [3.63, 3.8) is 0 Å². The molecule has 122 valence electrons. The van der Waals surface area contributed by atoms with Crippen molar-refractivity contribution in [3.05, 3.63) is 60.2 Å². The first-order valence-electron chi connectivity index (χ1n) is 7.84. The van der Waals surface area contributed by atoms with E-state index < -0.39 is 11.9 Å². The molecule has 23 heavy (non-hydrogen) atoms. The van der Waals surface area contributed by atoms with Crippen LogP contribution >= 0.6 is 0 Å². The minimum atomic E-state index is -0.797. The molecule has 4 heteroatoms. The molecular weight excluding hydrogens is 292 g/mol. The van der Waals surface area contributed by atoms with Crippen LogP contribution in [0.25, 0.3) is 0 Å². The second-order valence-corrected chi connectivity index (χ2v) is 5.20. The Balaban J connectivity index is 1.84. The van der Waals surface area contributed by atoms with E-state index in [0.29, 0.717) is 26.1 Å². The van der Waals surface area contributed by atoms with Gasteiger partial charge >= 0.3 is 5.97 Å². The normalized spacial score (nSPS) is 11.7. The summed E-state index contributed by atoms with van der Waals surface area (Å²) in [5, 5.41) is 9.38. The molecule has 2 aromatic carbocycles. The highest BCUT2D eigenvalue weighted by molar-refractivity contribution is 5.75. The van der Waals surface area contributed by atoms with Crippen molar-refractivity contribution in [1.29, 1.82) is 0 Å². The molecule has 0 radical (unpaired) electrons. The minimum Gasteiger partial charge on any atom is -0.494 e. The summed E-state index contributed by atoms with van der Waals surface area (Å²) in [6.07, 6.45) is 1.22. The van der Waals surface area contributed by atoms with Gasteiger partial charge in [-0.05, 0) is 37.5 Å². The minimum absolute atomic E-state index is 0.478. The maximum Gasteiger partial charge on any atom is 0.310 e. The monoisotopic (exact) mass is 314 g/mol. The molecule has 0 saturated carbocycles. The van der Waals surface area contributed by atoms with Crippen LogP contribution in [0.3, 0.4) is 0 Å². The molecule has 2 aromatic rings. The Bertz CT molecular complexity index is 610. The van der Waals surface area contributed by atoms with Crippen molar-refractivity contribution in [2.24, 2.45) is 0 Å². The van der Waals surface area contributed by atoms with E-state index in [0.717, 1.165) is 17.1 Å². The van der Waals surface area contributed by atoms with Gasteiger partial charge in [-0.15, -0.1) is 0 Å². The zero-order chi connectivity index (χ0) is 16.5. The second kappa shape index (κ2) is 8.83. The Morgan fingerprint density at radius 1 is 1.04 bits per heavy atom. The third-order valence-corrected chi connectivity index (χ3v) is 3.52. The van der Waals surface area contributed by atoms with E-state index in [1.54, 1.807) is 0 Å². The van der Waals surface area contributed by atoms with Gasteiger partial charge in [0, 0.05) is 6.07 Å². The van der Waals surface area contributed by atoms with E-state index in [1.165, 1.54) is 0 Å². The molecule has 0 aromatic heterocycles. The zero-order valence-corrected chi connectivity index (χ0v) is 13.3. The summed E-state index contributed by atoms with van der Waals surface area (Å²) in [5.74, 6) is 0.226. The van der Waals surface area contributed by atoms with Crippen LogP contribution in [0.15, 0.2) is 54.6 Å². The van der Waals surface area contributed by atoms with Crippen LogP contribution in [0.5, 0.6) is 11.5 Å². The van der Waals surface area contributed by atoms with Crippen LogP contribution < -0.4 is 9.47 Å². The van der Waals surface area contributed by atoms with Crippen LogP contribution in [0.1, 0.15) is 31.2 Å². The Hall–Kier alpha value is -2.49. The summed E-state index contributed by atoms with van der Waals surface area (Å²) in [6.45, 7) is 3.02. The number of ether oxygens (including phenoxy) is 2. The van der Waals surface area contributed by atoms with Crippen LogP contribution in [-0.4, -0.2) is 24.3 Å². The Morgan fingerprint density at radius 3 is 2.39 bits per heavy atom. The molecule has 1 atom stereocenters. The molecule has 1 unspecified atom stereocenters. The maximum absolute atomic E-state index is 11.4. The zero-order valence-electron chi connectivity index (χ0n) is 13.3. The van der Waals surface area contributed by atoms with Crippen LogP contribution in [0.4, 0.5) is 0 Å². The van der Waals surface area contributed by atoms with Crippen molar-refractivity contribution < 1.29 is 19.4 Å². The van der Waals surface area contributed by atoms with Gasteiger partial charge in [0.05, 0.1) is 19.1 Å². The third-order valence-electron chi connectivity index (χ3n) is 3.52. The molecule has 4 nitrogen and oxygen atoms in total. The van der Waals surface area contributed by atoms with Crippen molar-refractivity contribution in [1.82, 2.24) is 0 Å². The average molecular weight is 314 g/mol. The second-order valence-electron chi connectivity index (χ2n) is 5.20. The molecule has 0 aliphatic heterocycles. The molecule has 0 bridgehead atoms. The molecule has 0 amide bonds. The standard InChI is InChI=1S/C19H22O4/c1-2-22-16-10-6-11-17(14-16)23-13-7-12-18(19(20)21)15-8-4-3-5-9-15/h3-6,8-11,14,18H,2,7,12-13H2,1H3,(H,20,21). The van der Waals surface area contributed by atoms with Gasteiger partial charge in [-0.2, -0.15) is 0 Å². The van der Waals surface area contributed by atoms with Gasteiger partial charge in [0.1, 0.15) is 11.5 Å². The Morgan fingerprint density at radius 2 is 1.74 bits per heavy atom. The highest BCUT2D eigenvalue weighted by atomic mass is 16.5. The van der Waals surface area contributed by atoms with E-state index in [-0.39, 0.29) is 0 Å². The van der Waals surface area contributed by atoms with Crippen molar-refractivity contribution in [3.8, 4) is 11.5 Å². The van der Waals surface area contributed by atoms with Gasteiger partial charge in [0.15, 0.2) is 0 Å². The summed E-state index contributed by atoms with van der Waals surface area (Å²) >= 11 is 0. The highest BCUT2D eigenvalue weighted by Crippen LogP contribution is 2.23. The Kier molecular flexibility index (Phi) is 6.48. The molecule has 0 saturated heterocycles. The number of benzene rings is 2. The fraction of sp³-hybridized carbons (Fsp3) is 0.316. The number of hydrogen-bond donors (Lipinski definition) is 1. The lowest BCUT2D eigenvalue weighted by molar-refractivity contribution is -0.139. The molecule has 0 heterocycles. The lowest BCUT2D eigenvalue weighted by Gasteiger charge is -2.13.